The van der Waals surface area contributed by atoms with Gasteiger partial charge in [0, 0.05) is 5.02 Å². The number of carboxylic acids is 1. The Bertz CT molecular complexity index is 705. The van der Waals surface area contributed by atoms with Gasteiger partial charge in [-0.2, -0.15) is 8.42 Å². The second kappa shape index (κ2) is 6.79. The molecule has 0 saturated carbocycles. The normalized spacial score (nSPS) is 12.5. The second-order valence-electron chi connectivity index (χ2n) is 3.94. The Kier molecular flexibility index (Phi) is 5.54. The minimum Gasteiger partial charge on any atom is -0.504 e. The maximum atomic E-state index is 11.4. The van der Waals surface area contributed by atoms with Crippen LogP contribution in [0.3, 0.4) is 0 Å². The van der Waals surface area contributed by atoms with Crippen LogP contribution >= 0.6 is 11.6 Å². The maximum absolute atomic E-state index is 11.4. The van der Waals surface area contributed by atoms with Crippen LogP contribution in [-0.4, -0.2) is 47.9 Å². The predicted octanol–water partition coefficient (Wildman–Crippen LogP) is 0.253. The number of phenols is 1. The number of aromatic hydroxyl groups is 1. The summed E-state index contributed by atoms with van der Waals surface area (Å²) in [5, 5.41) is 19.9. The Labute approximate surface area is 129 Å². The van der Waals surface area contributed by atoms with Gasteiger partial charge in [0.25, 0.3) is 10.1 Å². The van der Waals surface area contributed by atoms with Gasteiger partial charge in [-0.05, 0) is 12.1 Å². The third-order valence-corrected chi connectivity index (χ3v) is 3.35. The maximum Gasteiger partial charge on any atom is 0.411 e. The fourth-order valence-electron chi connectivity index (χ4n) is 1.25. The molecule has 1 rings (SSSR count). The zero-order chi connectivity index (χ0) is 17.1. The van der Waals surface area contributed by atoms with E-state index in [1.54, 1.807) is 0 Å². The first-order chi connectivity index (χ1) is 10.0. The van der Waals surface area contributed by atoms with Gasteiger partial charge in [-0.15, -0.1) is 0 Å². The van der Waals surface area contributed by atoms with Crippen LogP contribution in [-0.2, 0) is 19.6 Å². The lowest BCUT2D eigenvalue weighted by Crippen LogP contribution is -2.36. The van der Waals surface area contributed by atoms with Crippen LogP contribution in [0.25, 0.3) is 0 Å². The molecule has 12 heteroatoms. The molecule has 122 valence electrons. The summed E-state index contributed by atoms with van der Waals surface area (Å²) in [6.45, 7) is -0.659. The molecule has 1 aromatic carbocycles. The van der Waals surface area contributed by atoms with E-state index >= 15 is 0 Å². The van der Waals surface area contributed by atoms with E-state index in [4.69, 9.17) is 27.0 Å². The molecule has 22 heavy (non-hydrogen) atoms. The molecule has 0 heterocycles. The molecule has 0 fully saturated rings. The summed E-state index contributed by atoms with van der Waals surface area (Å²) in [5.74, 6) is -2.36. The third kappa shape index (κ3) is 4.73. The van der Waals surface area contributed by atoms with Gasteiger partial charge in [0.05, 0.1) is 5.69 Å². The highest BCUT2D eigenvalue weighted by Gasteiger charge is 2.21. The van der Waals surface area contributed by atoms with Crippen LogP contribution < -0.4 is 11.1 Å². The van der Waals surface area contributed by atoms with E-state index in [2.05, 4.69) is 4.74 Å². The number of hydrogen-bond donors (Lipinski definition) is 5. The number of carbonyl (C=O) groups is 2. The molecule has 0 spiro atoms. The van der Waals surface area contributed by atoms with Crippen LogP contribution in [0.15, 0.2) is 17.0 Å². The topological polar surface area (TPSA) is 176 Å². The SMILES string of the molecule is N[C@@H](COC(=O)Nc1cc(Cl)cc(S(=O)(=O)O)c1O)C(=O)O. The van der Waals surface area contributed by atoms with E-state index < -0.39 is 51.2 Å². The molecule has 1 aromatic rings. The molecule has 0 aliphatic heterocycles. The lowest BCUT2D eigenvalue weighted by atomic mass is 10.3. The van der Waals surface area contributed by atoms with Crippen molar-refractivity contribution in [3.63, 3.8) is 0 Å². The van der Waals surface area contributed by atoms with Crippen LogP contribution in [0.1, 0.15) is 0 Å². The molecule has 0 aromatic heterocycles. The lowest BCUT2D eigenvalue weighted by Gasteiger charge is -2.12. The van der Waals surface area contributed by atoms with Crippen molar-refractivity contribution in [3.05, 3.63) is 17.2 Å². The molecule has 0 aliphatic rings. The fourth-order valence-corrected chi connectivity index (χ4v) is 2.16. The number of halogens is 1. The smallest absolute Gasteiger partial charge is 0.411 e. The highest BCUT2D eigenvalue weighted by Crippen LogP contribution is 2.34. The number of rotatable bonds is 5. The summed E-state index contributed by atoms with van der Waals surface area (Å²) in [4.78, 5) is 20.9. The molecule has 0 radical (unpaired) electrons. The Hall–Kier alpha value is -2.08. The number of nitrogens with two attached hydrogens (primary N) is 1. The van der Waals surface area contributed by atoms with Gasteiger partial charge < -0.3 is 20.7 Å². The number of aliphatic carboxylic acids is 1. The largest absolute Gasteiger partial charge is 0.504 e. The average Bonchev–Trinajstić information content (AvgIpc) is 2.38. The van der Waals surface area contributed by atoms with Gasteiger partial charge >= 0.3 is 12.1 Å². The Balaban J connectivity index is 2.93. The summed E-state index contributed by atoms with van der Waals surface area (Å²) >= 11 is 5.60. The second-order valence-corrected chi connectivity index (χ2v) is 5.77. The van der Waals surface area contributed by atoms with Crippen molar-refractivity contribution in [1.82, 2.24) is 0 Å². The summed E-state index contributed by atoms with van der Waals surface area (Å²) in [6.07, 6.45) is -1.21. The molecule has 1 atom stereocenters. The van der Waals surface area contributed by atoms with E-state index in [-0.39, 0.29) is 5.02 Å². The number of ether oxygens (including phenoxy) is 1. The Morgan fingerprint density at radius 2 is 2.00 bits per heavy atom. The van der Waals surface area contributed by atoms with Crippen molar-refractivity contribution < 1.29 is 37.5 Å². The van der Waals surface area contributed by atoms with Gasteiger partial charge in [-0.1, -0.05) is 11.6 Å². The van der Waals surface area contributed by atoms with E-state index in [1.807, 2.05) is 5.32 Å². The van der Waals surface area contributed by atoms with Crippen molar-refractivity contribution in [2.24, 2.45) is 5.73 Å². The van der Waals surface area contributed by atoms with Crippen LogP contribution in [0.2, 0.25) is 5.02 Å². The highest BCUT2D eigenvalue weighted by atomic mass is 35.5. The van der Waals surface area contributed by atoms with Crippen LogP contribution in [0, 0.1) is 0 Å². The first kappa shape index (κ1) is 18.0. The number of hydrogen-bond acceptors (Lipinski definition) is 7. The predicted molar refractivity (Wildman–Crippen MR) is 73.5 cm³/mol. The number of carboxylic acid groups (broad SMARTS) is 1. The van der Waals surface area contributed by atoms with Gasteiger partial charge in [-0.25, -0.2) is 4.79 Å². The molecular weight excluding hydrogens is 344 g/mol. The lowest BCUT2D eigenvalue weighted by molar-refractivity contribution is -0.139. The van der Waals surface area contributed by atoms with Gasteiger partial charge in [0.2, 0.25) is 0 Å². The molecule has 0 unspecified atom stereocenters. The van der Waals surface area contributed by atoms with Gasteiger partial charge in [0.15, 0.2) is 5.75 Å². The summed E-state index contributed by atoms with van der Waals surface area (Å²) < 4.78 is 35.5. The van der Waals surface area contributed by atoms with E-state index in [0.717, 1.165) is 12.1 Å². The van der Waals surface area contributed by atoms with E-state index in [1.165, 1.54) is 0 Å². The summed E-state index contributed by atoms with van der Waals surface area (Å²) in [5.41, 5.74) is 4.64. The first-order valence-electron chi connectivity index (χ1n) is 5.44. The van der Waals surface area contributed by atoms with Crippen LogP contribution in [0.4, 0.5) is 10.5 Å². The number of anilines is 1. The number of amides is 1. The Morgan fingerprint density at radius 3 is 2.50 bits per heavy atom. The molecule has 6 N–H and O–H groups in total. The number of benzene rings is 1. The minimum absolute atomic E-state index is 0.206. The minimum atomic E-state index is -4.78. The third-order valence-electron chi connectivity index (χ3n) is 2.27. The molecule has 0 bridgehead atoms. The van der Waals surface area contributed by atoms with Crippen molar-refractivity contribution >= 4 is 39.5 Å². The molecule has 0 saturated heterocycles. The first-order valence-corrected chi connectivity index (χ1v) is 7.26. The summed E-state index contributed by atoms with van der Waals surface area (Å²) in [7, 11) is -4.78. The highest BCUT2D eigenvalue weighted by molar-refractivity contribution is 7.86. The monoisotopic (exact) mass is 354 g/mol. The van der Waals surface area contributed by atoms with Crippen LogP contribution in [0.5, 0.6) is 5.75 Å². The Morgan fingerprint density at radius 1 is 1.41 bits per heavy atom. The van der Waals surface area contributed by atoms with Gasteiger partial charge in [-0.3, -0.25) is 14.7 Å². The number of nitrogens with one attached hydrogen (secondary N) is 1. The zero-order valence-corrected chi connectivity index (χ0v) is 12.3. The van der Waals surface area contributed by atoms with Crippen molar-refractivity contribution in [2.45, 2.75) is 10.9 Å². The standard InChI is InChI=1S/C10H11ClN2O8S/c11-4-1-6(8(14)7(2-4)22(18,19)20)13-10(17)21-3-5(12)9(15)16/h1-2,5,14H,3,12H2,(H,13,17)(H,15,16)(H,18,19,20)/t5-/m0/s1. The molecule has 10 nitrogen and oxygen atoms in total. The number of carbonyl (C=O) groups excluding carboxylic acids is 1. The summed E-state index contributed by atoms with van der Waals surface area (Å²) in [6, 6.07) is 0.305. The van der Waals surface area contributed by atoms with E-state index in [9.17, 15) is 23.1 Å². The number of phenolic OH excluding ortho intramolecular Hbond substituents is 1. The van der Waals surface area contributed by atoms with E-state index in [0.29, 0.717) is 0 Å². The van der Waals surface area contributed by atoms with Crippen molar-refractivity contribution in [1.29, 1.82) is 0 Å². The van der Waals surface area contributed by atoms with Crippen molar-refractivity contribution in [2.75, 3.05) is 11.9 Å². The van der Waals surface area contributed by atoms with Crippen molar-refractivity contribution in [3.8, 4) is 5.75 Å². The van der Waals surface area contributed by atoms with Gasteiger partial charge in [0.1, 0.15) is 17.5 Å². The fraction of sp³-hybridized carbons (Fsp3) is 0.200. The molecular formula is C10H11ClN2O8S. The molecule has 0 aliphatic carbocycles. The molecule has 1 amide bonds. The quantitative estimate of drug-likeness (QED) is 0.366. The zero-order valence-electron chi connectivity index (χ0n) is 10.7. The average molecular weight is 355 g/mol.